The topological polar surface area (TPSA) is 82.1 Å². The van der Waals surface area contributed by atoms with Gasteiger partial charge >= 0.3 is 5.97 Å². The van der Waals surface area contributed by atoms with E-state index in [0.717, 1.165) is 12.0 Å². The van der Waals surface area contributed by atoms with Gasteiger partial charge in [-0.2, -0.15) is 0 Å². The van der Waals surface area contributed by atoms with Crippen molar-refractivity contribution in [2.75, 3.05) is 0 Å². The Bertz CT molecular complexity index is 1020. The summed E-state index contributed by atoms with van der Waals surface area (Å²) in [7, 11) is 0. The fraction of sp³-hybridized carbons (Fsp3) is 0.520. The average molecular weight is 461 g/mol. The second kappa shape index (κ2) is 8.01. The van der Waals surface area contributed by atoms with Crippen LogP contribution in [-0.4, -0.2) is 34.4 Å². The van der Waals surface area contributed by atoms with Gasteiger partial charge in [0.1, 0.15) is 23.4 Å². The van der Waals surface area contributed by atoms with Crippen molar-refractivity contribution in [3.63, 3.8) is 0 Å². The molecule has 7 heteroatoms. The monoisotopic (exact) mass is 460 g/mol. The molecule has 2 fully saturated rings. The number of carbonyl (C=O) groups excluding carboxylic acids is 2. The number of hydrogen-bond acceptors (Lipinski definition) is 6. The van der Waals surface area contributed by atoms with Crippen LogP contribution in [0.25, 0.3) is 0 Å². The Balaban J connectivity index is 1.70. The minimum absolute atomic E-state index is 0.000248. The Morgan fingerprint density at radius 3 is 2.78 bits per heavy atom. The second-order valence-corrected chi connectivity index (χ2v) is 9.76. The van der Waals surface area contributed by atoms with Crippen LogP contribution in [0.3, 0.4) is 0 Å². The fourth-order valence-electron chi connectivity index (χ4n) is 5.10. The molecule has 0 unspecified atom stereocenters. The lowest BCUT2D eigenvalue weighted by Crippen LogP contribution is -2.50. The molecule has 0 radical (unpaired) electrons. The Hall–Kier alpha value is -2.15. The van der Waals surface area contributed by atoms with Crippen molar-refractivity contribution in [3.05, 3.63) is 58.1 Å². The summed E-state index contributed by atoms with van der Waals surface area (Å²) >= 11 is 6.50. The van der Waals surface area contributed by atoms with Crippen LogP contribution in [0.4, 0.5) is 0 Å². The Morgan fingerprint density at radius 1 is 1.38 bits per heavy atom. The molecule has 6 atom stereocenters. The van der Waals surface area contributed by atoms with E-state index in [1.54, 1.807) is 19.9 Å². The lowest BCUT2D eigenvalue weighted by atomic mass is 9.66. The summed E-state index contributed by atoms with van der Waals surface area (Å²) in [6.45, 7) is 9.55. The number of halogens is 1. The Morgan fingerprint density at radius 2 is 2.09 bits per heavy atom. The summed E-state index contributed by atoms with van der Waals surface area (Å²) in [6, 6.07) is 0. The molecule has 2 saturated heterocycles. The normalized spacial score (nSPS) is 37.8. The van der Waals surface area contributed by atoms with Crippen molar-refractivity contribution in [2.24, 2.45) is 17.8 Å². The van der Waals surface area contributed by atoms with Crippen LogP contribution in [0, 0.1) is 17.8 Å². The summed E-state index contributed by atoms with van der Waals surface area (Å²) < 4.78 is 17.1. The molecule has 3 aliphatic heterocycles. The molecular weight excluding hydrogens is 432 g/mol. The van der Waals surface area contributed by atoms with Crippen molar-refractivity contribution in [3.8, 4) is 0 Å². The standard InChI is InChI=1S/C25H29ClO6/c1-6-13(2)9-14(3)7-8-16-10-17-18(12-30-16)19-20-23(28)31-15(4)11-25(20,29)32-24(19,5)22(27)21(17)26/h7-10,12-13,15,19-20,29H,6,11H2,1-5H3/b8-7+,14-9+/t13-,15+,19+,20+,24-,25-/m0/s1. The van der Waals surface area contributed by atoms with Crippen LogP contribution in [0.5, 0.6) is 0 Å². The first kappa shape index (κ1) is 23.0. The number of carbonyl (C=O) groups is 2. The van der Waals surface area contributed by atoms with Gasteiger partial charge in [0.15, 0.2) is 5.79 Å². The van der Waals surface area contributed by atoms with Crippen molar-refractivity contribution >= 4 is 23.4 Å². The van der Waals surface area contributed by atoms with E-state index in [-0.39, 0.29) is 11.5 Å². The van der Waals surface area contributed by atoms with E-state index in [9.17, 15) is 14.7 Å². The predicted molar refractivity (Wildman–Crippen MR) is 119 cm³/mol. The number of cyclic esters (lactones) is 1. The number of aliphatic hydroxyl groups is 1. The summed E-state index contributed by atoms with van der Waals surface area (Å²) in [5, 5.41) is 11.2. The highest BCUT2D eigenvalue weighted by Crippen LogP contribution is 2.58. The largest absolute Gasteiger partial charge is 0.465 e. The van der Waals surface area contributed by atoms with E-state index in [0.29, 0.717) is 22.8 Å². The van der Waals surface area contributed by atoms with E-state index < -0.39 is 41.1 Å². The van der Waals surface area contributed by atoms with E-state index in [1.807, 2.05) is 19.1 Å². The van der Waals surface area contributed by atoms with E-state index in [2.05, 4.69) is 19.9 Å². The van der Waals surface area contributed by atoms with Gasteiger partial charge in [-0.3, -0.25) is 9.59 Å². The van der Waals surface area contributed by atoms with Crippen molar-refractivity contribution in [2.45, 2.75) is 65.0 Å². The van der Waals surface area contributed by atoms with Gasteiger partial charge in [0, 0.05) is 23.5 Å². The van der Waals surface area contributed by atoms with Gasteiger partial charge in [0.2, 0.25) is 5.78 Å². The maximum Gasteiger partial charge on any atom is 0.315 e. The highest BCUT2D eigenvalue weighted by molar-refractivity contribution is 6.45. The van der Waals surface area contributed by atoms with Gasteiger partial charge in [0.05, 0.1) is 11.3 Å². The highest BCUT2D eigenvalue weighted by atomic mass is 35.5. The fourth-order valence-corrected chi connectivity index (χ4v) is 5.45. The molecule has 0 amide bonds. The smallest absolute Gasteiger partial charge is 0.315 e. The minimum Gasteiger partial charge on any atom is -0.465 e. The molecule has 0 saturated carbocycles. The molecule has 32 heavy (non-hydrogen) atoms. The third-order valence-electron chi connectivity index (χ3n) is 6.80. The maximum atomic E-state index is 13.3. The number of ether oxygens (including phenoxy) is 3. The molecule has 1 N–H and O–H groups in total. The molecule has 0 aromatic rings. The number of fused-ring (bicyclic) bond motifs is 5. The van der Waals surface area contributed by atoms with Crippen molar-refractivity contribution in [1.82, 2.24) is 0 Å². The zero-order chi connectivity index (χ0) is 23.4. The lowest BCUT2D eigenvalue weighted by Gasteiger charge is -2.38. The molecule has 6 nitrogen and oxygen atoms in total. The zero-order valence-corrected chi connectivity index (χ0v) is 19.7. The predicted octanol–water partition coefficient (Wildman–Crippen LogP) is 4.45. The van der Waals surface area contributed by atoms with Gasteiger partial charge in [-0.05, 0) is 38.8 Å². The molecular formula is C25H29ClO6. The van der Waals surface area contributed by atoms with Gasteiger partial charge in [0.25, 0.3) is 0 Å². The number of ketones is 1. The lowest BCUT2D eigenvalue weighted by molar-refractivity contribution is -0.260. The average Bonchev–Trinajstić information content (AvgIpc) is 2.98. The molecule has 1 aliphatic carbocycles. The summed E-state index contributed by atoms with van der Waals surface area (Å²) in [6.07, 6.45) is 9.73. The Kier molecular flexibility index (Phi) is 5.76. The third-order valence-corrected chi connectivity index (χ3v) is 7.17. The number of hydrogen-bond donors (Lipinski definition) is 1. The minimum atomic E-state index is -1.81. The quantitative estimate of drug-likeness (QED) is 0.493. The van der Waals surface area contributed by atoms with Crippen molar-refractivity contribution < 1.29 is 28.9 Å². The van der Waals surface area contributed by atoms with E-state index >= 15 is 0 Å². The van der Waals surface area contributed by atoms with Crippen LogP contribution >= 0.6 is 11.6 Å². The Labute approximate surface area is 193 Å². The van der Waals surface area contributed by atoms with E-state index in [4.69, 9.17) is 25.8 Å². The second-order valence-electron chi connectivity index (χ2n) is 9.38. The van der Waals surface area contributed by atoms with Crippen LogP contribution < -0.4 is 0 Å². The highest BCUT2D eigenvalue weighted by Gasteiger charge is 2.70. The molecule has 0 bridgehead atoms. The SMILES string of the molecule is CC[C@H](C)/C=C(C)/C=C/C1=CC2=C(Cl)C(=O)[C@@]3(C)O[C@@]4(O)C[C@@H](C)OC(=O)[C@H]4[C@H]3C2=CO1. The number of allylic oxidation sites excluding steroid dienone is 6. The van der Waals surface area contributed by atoms with E-state index in [1.165, 1.54) is 6.26 Å². The van der Waals surface area contributed by atoms with Crippen LogP contribution in [0.15, 0.2) is 58.1 Å². The number of Topliss-reactive ketones (excluding diaryl/α,β-unsaturated/α-hetero) is 1. The summed E-state index contributed by atoms with van der Waals surface area (Å²) in [5.41, 5.74) is 0.635. The molecule has 172 valence electrons. The third kappa shape index (κ3) is 3.58. The van der Waals surface area contributed by atoms with Gasteiger partial charge in [-0.1, -0.05) is 49.6 Å². The zero-order valence-electron chi connectivity index (χ0n) is 19.0. The van der Waals surface area contributed by atoms with Crippen LogP contribution in [0.1, 0.15) is 47.5 Å². The molecule has 0 aromatic heterocycles. The van der Waals surface area contributed by atoms with Gasteiger partial charge < -0.3 is 19.3 Å². The number of esters is 1. The molecule has 4 rings (SSSR count). The first-order chi connectivity index (χ1) is 15.0. The molecule has 0 spiro atoms. The number of rotatable bonds is 4. The first-order valence-corrected chi connectivity index (χ1v) is 11.4. The molecule has 3 heterocycles. The molecule has 4 aliphatic rings. The van der Waals surface area contributed by atoms with Gasteiger partial charge in [-0.25, -0.2) is 0 Å². The molecule has 0 aromatic carbocycles. The van der Waals surface area contributed by atoms with Gasteiger partial charge in [-0.15, -0.1) is 0 Å². The van der Waals surface area contributed by atoms with Crippen molar-refractivity contribution in [1.29, 1.82) is 0 Å². The van der Waals surface area contributed by atoms with Crippen LogP contribution in [0.2, 0.25) is 0 Å². The maximum absolute atomic E-state index is 13.3. The van der Waals surface area contributed by atoms with Crippen LogP contribution in [-0.2, 0) is 23.8 Å². The first-order valence-electron chi connectivity index (χ1n) is 11.0. The summed E-state index contributed by atoms with van der Waals surface area (Å²) in [5.74, 6) is -3.69. The summed E-state index contributed by atoms with van der Waals surface area (Å²) in [4.78, 5) is 26.1.